The maximum absolute atomic E-state index is 14.4. The minimum atomic E-state index is -0.895. The fourth-order valence-electron chi connectivity index (χ4n) is 3.85. The van der Waals surface area contributed by atoms with Gasteiger partial charge in [-0.1, -0.05) is 18.2 Å². The third-order valence-electron chi connectivity index (χ3n) is 5.62. The van der Waals surface area contributed by atoms with Gasteiger partial charge in [0.1, 0.15) is 23.1 Å². The molecular formula is C25H19F2N7O3. The molecule has 0 fully saturated rings. The van der Waals surface area contributed by atoms with Crippen molar-refractivity contribution in [2.24, 2.45) is 5.73 Å². The molecule has 10 nitrogen and oxygen atoms in total. The molecule has 3 heterocycles. The summed E-state index contributed by atoms with van der Waals surface area (Å²) in [5, 5.41) is 17.7. The number of fused-ring (bicyclic) bond motifs is 1. The van der Waals surface area contributed by atoms with Gasteiger partial charge in [0.05, 0.1) is 36.6 Å². The number of nitrogens with zero attached hydrogens (tertiary/aromatic N) is 5. The van der Waals surface area contributed by atoms with Crippen LogP contribution in [0, 0.1) is 11.6 Å². The smallest absolute Gasteiger partial charge is 0.252 e. The molecule has 0 aliphatic carbocycles. The van der Waals surface area contributed by atoms with Gasteiger partial charge < -0.3 is 20.9 Å². The molecule has 0 spiro atoms. The van der Waals surface area contributed by atoms with E-state index in [4.69, 9.17) is 10.5 Å². The number of phenols is 1. The highest BCUT2D eigenvalue weighted by Crippen LogP contribution is 2.32. The summed E-state index contributed by atoms with van der Waals surface area (Å²) in [6, 6.07) is 10.3. The second-order valence-corrected chi connectivity index (χ2v) is 7.93. The molecule has 0 saturated heterocycles. The third kappa shape index (κ3) is 4.47. The number of carbonyl (C=O) groups is 1. The number of nitrogens with one attached hydrogen (secondary N) is 1. The molecule has 5 aromatic rings. The number of rotatable bonds is 7. The molecule has 0 aliphatic heterocycles. The van der Waals surface area contributed by atoms with Crippen LogP contribution in [0.5, 0.6) is 11.5 Å². The lowest BCUT2D eigenvalue weighted by molar-refractivity contribution is 0.100. The van der Waals surface area contributed by atoms with E-state index in [-0.39, 0.29) is 35.1 Å². The average molecular weight is 503 g/mol. The Balaban J connectivity index is 1.60. The number of aromatic hydroxyl groups is 1. The standard InChI is InChI=1S/C25H19F2N7O3/c1-37-21-11-30-25(32-24(21)31-19-6-7-29-10-15(19)23(28)36)22-14-4-2-3-5-20(14)34(33-22)12-16-17(26)8-13(35)9-18(16)27/h2-11,35H,12H2,1H3,(H2,28,36)(H,29,30,31,32). The van der Waals surface area contributed by atoms with E-state index in [1.165, 1.54) is 30.4 Å². The number of pyridine rings is 1. The van der Waals surface area contributed by atoms with E-state index >= 15 is 0 Å². The van der Waals surface area contributed by atoms with Crippen LogP contribution in [0.25, 0.3) is 22.4 Å². The average Bonchev–Trinajstić information content (AvgIpc) is 3.25. The molecule has 3 aromatic heterocycles. The highest BCUT2D eigenvalue weighted by Gasteiger charge is 2.20. The number of hydrogen-bond donors (Lipinski definition) is 3. The Labute approximate surface area is 208 Å². The minimum absolute atomic E-state index is 0.150. The summed E-state index contributed by atoms with van der Waals surface area (Å²) in [5.41, 5.74) is 6.65. The van der Waals surface area contributed by atoms with Gasteiger partial charge in [0, 0.05) is 35.5 Å². The van der Waals surface area contributed by atoms with Gasteiger partial charge >= 0.3 is 0 Å². The molecule has 0 aliphatic rings. The maximum atomic E-state index is 14.4. The van der Waals surface area contributed by atoms with Crippen molar-refractivity contribution >= 4 is 28.3 Å². The van der Waals surface area contributed by atoms with Crippen molar-refractivity contribution in [3.05, 3.63) is 83.8 Å². The van der Waals surface area contributed by atoms with E-state index in [1.54, 1.807) is 30.3 Å². The molecule has 4 N–H and O–H groups in total. The first kappa shape index (κ1) is 23.6. The van der Waals surface area contributed by atoms with Crippen molar-refractivity contribution in [3.8, 4) is 23.0 Å². The van der Waals surface area contributed by atoms with E-state index in [9.17, 15) is 18.7 Å². The second-order valence-electron chi connectivity index (χ2n) is 7.93. The zero-order valence-corrected chi connectivity index (χ0v) is 19.3. The molecule has 37 heavy (non-hydrogen) atoms. The molecule has 0 saturated carbocycles. The molecule has 0 bridgehead atoms. The third-order valence-corrected chi connectivity index (χ3v) is 5.62. The quantitative estimate of drug-likeness (QED) is 0.305. The van der Waals surface area contributed by atoms with Gasteiger partial charge in [-0.05, 0) is 12.1 Å². The highest BCUT2D eigenvalue weighted by molar-refractivity contribution is 5.99. The maximum Gasteiger partial charge on any atom is 0.252 e. The van der Waals surface area contributed by atoms with Crippen molar-refractivity contribution in [2.45, 2.75) is 6.54 Å². The van der Waals surface area contributed by atoms with Crippen LogP contribution in [0.15, 0.2) is 61.1 Å². The van der Waals surface area contributed by atoms with Crippen LogP contribution < -0.4 is 15.8 Å². The number of phenolic OH excluding ortho intramolecular Hbond substituents is 1. The first-order valence-corrected chi connectivity index (χ1v) is 10.9. The number of ether oxygens (including phenoxy) is 1. The van der Waals surface area contributed by atoms with Crippen LogP contribution in [0.4, 0.5) is 20.3 Å². The highest BCUT2D eigenvalue weighted by atomic mass is 19.1. The van der Waals surface area contributed by atoms with Crippen LogP contribution in [0.3, 0.4) is 0 Å². The van der Waals surface area contributed by atoms with Crippen molar-refractivity contribution in [2.75, 3.05) is 12.4 Å². The number of halogens is 2. The van der Waals surface area contributed by atoms with Crippen LogP contribution in [-0.2, 0) is 6.54 Å². The first-order chi connectivity index (χ1) is 17.9. The summed E-state index contributed by atoms with van der Waals surface area (Å²) >= 11 is 0. The van der Waals surface area contributed by atoms with E-state index < -0.39 is 23.3 Å². The Hall–Kier alpha value is -5.13. The molecule has 2 aromatic carbocycles. The molecule has 0 unspecified atom stereocenters. The van der Waals surface area contributed by atoms with Gasteiger partial charge in [0.25, 0.3) is 5.91 Å². The molecule has 12 heteroatoms. The van der Waals surface area contributed by atoms with Crippen LogP contribution >= 0.6 is 0 Å². The zero-order valence-electron chi connectivity index (χ0n) is 19.3. The fraction of sp³-hybridized carbons (Fsp3) is 0.0800. The number of para-hydroxylation sites is 1. The van der Waals surface area contributed by atoms with Gasteiger partial charge in [0.15, 0.2) is 17.4 Å². The number of anilines is 2. The second kappa shape index (κ2) is 9.49. The van der Waals surface area contributed by atoms with Gasteiger partial charge in [0.2, 0.25) is 0 Å². The Bertz CT molecular complexity index is 1630. The normalized spacial score (nSPS) is 11.0. The van der Waals surface area contributed by atoms with E-state index in [2.05, 4.69) is 25.4 Å². The Morgan fingerprint density at radius 3 is 2.65 bits per heavy atom. The topological polar surface area (TPSA) is 141 Å². The number of primary amides is 1. The number of hydrogen-bond acceptors (Lipinski definition) is 8. The largest absolute Gasteiger partial charge is 0.508 e. The molecule has 0 radical (unpaired) electrons. The van der Waals surface area contributed by atoms with Gasteiger partial charge in [-0.3, -0.25) is 14.5 Å². The summed E-state index contributed by atoms with van der Waals surface area (Å²) in [7, 11) is 1.44. The summed E-state index contributed by atoms with van der Waals surface area (Å²) in [4.78, 5) is 24.6. The zero-order chi connectivity index (χ0) is 26.1. The van der Waals surface area contributed by atoms with Crippen LogP contribution in [0.2, 0.25) is 0 Å². The molecular weight excluding hydrogens is 484 g/mol. The number of carbonyl (C=O) groups excluding carboxylic acids is 1. The Morgan fingerprint density at radius 1 is 1.16 bits per heavy atom. The van der Waals surface area contributed by atoms with Crippen molar-refractivity contribution in [3.63, 3.8) is 0 Å². The van der Waals surface area contributed by atoms with Crippen LogP contribution in [0.1, 0.15) is 15.9 Å². The predicted octanol–water partition coefficient (Wildman–Crippen LogP) is 3.77. The lowest BCUT2D eigenvalue weighted by atomic mass is 10.1. The van der Waals surface area contributed by atoms with Crippen molar-refractivity contribution in [1.82, 2.24) is 24.7 Å². The predicted molar refractivity (Wildman–Crippen MR) is 130 cm³/mol. The fourth-order valence-corrected chi connectivity index (χ4v) is 3.85. The van der Waals surface area contributed by atoms with Crippen molar-refractivity contribution in [1.29, 1.82) is 0 Å². The number of methoxy groups -OCH3 is 1. The van der Waals surface area contributed by atoms with E-state index in [0.717, 1.165) is 12.1 Å². The molecule has 1 amide bonds. The SMILES string of the molecule is COc1cnc(-c2nn(Cc3c(F)cc(O)cc3F)c3ccccc23)nc1Nc1ccncc1C(N)=O. The summed E-state index contributed by atoms with van der Waals surface area (Å²) in [6.07, 6.45) is 4.25. The van der Waals surface area contributed by atoms with Crippen LogP contribution in [-0.4, -0.2) is 42.9 Å². The molecule has 186 valence electrons. The summed E-state index contributed by atoms with van der Waals surface area (Å²) in [6.45, 7) is -0.237. The van der Waals surface area contributed by atoms with Gasteiger partial charge in [-0.15, -0.1) is 0 Å². The summed E-state index contributed by atoms with van der Waals surface area (Å²) < 4.78 is 35.7. The first-order valence-electron chi connectivity index (χ1n) is 10.9. The molecule has 0 atom stereocenters. The van der Waals surface area contributed by atoms with Crippen molar-refractivity contribution < 1.29 is 23.4 Å². The monoisotopic (exact) mass is 503 g/mol. The lowest BCUT2D eigenvalue weighted by Crippen LogP contribution is -2.14. The number of amides is 1. The minimum Gasteiger partial charge on any atom is -0.508 e. The van der Waals surface area contributed by atoms with Gasteiger partial charge in [-0.2, -0.15) is 5.10 Å². The summed E-state index contributed by atoms with van der Waals surface area (Å²) in [5.74, 6) is -2.27. The number of benzene rings is 2. The lowest BCUT2D eigenvalue weighted by Gasteiger charge is -2.12. The van der Waals surface area contributed by atoms with E-state index in [1.807, 2.05) is 0 Å². The van der Waals surface area contributed by atoms with E-state index in [0.29, 0.717) is 22.3 Å². The Kier molecular flexibility index (Phi) is 6.05. The Morgan fingerprint density at radius 2 is 1.92 bits per heavy atom. The molecule has 5 rings (SSSR count). The number of nitrogens with two attached hydrogens (primary N) is 1. The van der Waals surface area contributed by atoms with Gasteiger partial charge in [-0.25, -0.2) is 18.7 Å². The number of aromatic nitrogens is 5.